The number of cyclic esters (lactones) is 1. The number of fused-ring (bicyclic) bond motifs is 1. The van der Waals surface area contributed by atoms with Crippen LogP contribution in [0.4, 0.5) is 0 Å². The zero-order valence-corrected chi connectivity index (χ0v) is 46.8. The summed E-state index contributed by atoms with van der Waals surface area (Å²) in [5.74, 6) is -14.6. The lowest BCUT2D eigenvalue weighted by Crippen LogP contribution is -2.63. The quantitative estimate of drug-likeness (QED) is 0.177. The van der Waals surface area contributed by atoms with Crippen LogP contribution in [0.25, 0.3) is 0 Å². The molecule has 0 bridgehead atoms. The number of nitrogens with one attached hydrogen (secondary N) is 3. The average molecular weight is 1060 g/mol. The second kappa shape index (κ2) is 28.5. The molecule has 0 aliphatic carbocycles. The smallest absolute Gasteiger partial charge is 0.330 e. The van der Waals surface area contributed by atoms with E-state index >= 15 is 0 Å². The van der Waals surface area contributed by atoms with Crippen LogP contribution >= 0.6 is 0 Å². The molecule has 0 unspecified atom stereocenters. The number of rotatable bonds is 11. The first-order chi connectivity index (χ1) is 34.8. The molecule has 2 saturated heterocycles. The van der Waals surface area contributed by atoms with Crippen molar-refractivity contribution in [2.24, 2.45) is 29.6 Å². The average Bonchev–Trinajstić information content (AvgIpc) is 3.33. The highest BCUT2D eigenvalue weighted by Crippen LogP contribution is 2.26. The van der Waals surface area contributed by atoms with Gasteiger partial charge in [0.25, 0.3) is 5.91 Å². The summed E-state index contributed by atoms with van der Waals surface area (Å²) in [6, 6.07) is -11.3. The summed E-state index contributed by atoms with van der Waals surface area (Å²) in [5.41, 5.74) is 0. The molecule has 2 heterocycles. The number of ether oxygens (including phenoxy) is 1. The van der Waals surface area contributed by atoms with Crippen LogP contribution in [-0.4, -0.2) is 213 Å². The standard InChI is InChI=1S/C51H85N9O15/c1-17-29(9)41-43(66)52-25-35(61)56(13)39(27(5)6)44(67)53-32(23-36(62)63)51(74)75-31(11)46(69)60-22-20-19-21-33(60)47(70)57(14)40(28(7)8)45(68)54-38(26(3)4)49(72)55(12)34(24-37(64)65)48(71)59(16)42(30(10)18-2)50(73)58(41)15/h26-34,38-42H,17-25H2,1-16H3,(H,52,66)(H,53,67)(H,54,68)(H,62,63)(H,64,65)/t29-,30-,31+,32-,33-,34-,38-,39-,40-,41-,42-/m0/s1. The third-order valence-corrected chi connectivity index (χ3v) is 14.6. The van der Waals surface area contributed by atoms with E-state index in [1.807, 2.05) is 0 Å². The van der Waals surface area contributed by atoms with Crippen molar-refractivity contribution < 1.29 is 72.5 Å². The minimum absolute atomic E-state index is 0.0403. The van der Waals surface area contributed by atoms with Crippen LogP contribution in [0.1, 0.15) is 121 Å². The molecule has 11 atom stereocenters. The van der Waals surface area contributed by atoms with Crippen LogP contribution < -0.4 is 16.0 Å². The molecule has 2 aliphatic rings. The van der Waals surface area contributed by atoms with Gasteiger partial charge in [-0.3, -0.25) is 52.7 Å². The van der Waals surface area contributed by atoms with Crippen molar-refractivity contribution >= 4 is 71.1 Å². The number of likely N-dealkylation sites (N-methyl/N-ethyl adjacent to an activating group) is 5. The molecule has 9 amide bonds. The summed E-state index contributed by atoms with van der Waals surface area (Å²) in [5, 5.41) is 27.6. The molecule has 0 aromatic rings. The van der Waals surface area contributed by atoms with Gasteiger partial charge in [-0.2, -0.15) is 0 Å². The van der Waals surface area contributed by atoms with E-state index in [4.69, 9.17) is 4.74 Å². The van der Waals surface area contributed by atoms with Crippen LogP contribution in [0.3, 0.4) is 0 Å². The lowest BCUT2D eigenvalue weighted by atomic mass is 9.92. The molecule has 2 rings (SSSR count). The first-order valence-electron chi connectivity index (χ1n) is 25.9. The SMILES string of the molecule is CC[C@H](C)[C@H]1C(=O)NCC(=O)N(C)[C@@H](C(C)C)C(=O)N[C@@H](CC(=O)O)C(=O)O[C@H](C)C(=O)N2CCCC[C@H]2C(=O)N(C)[C@@H](C(C)C)C(=O)N[C@@H](C(C)C)C(=O)N(C)[C@@H](CC(=O)O)C(=O)N(C)[C@@H]([C@@H](C)CC)C(=O)N1C. The Morgan fingerprint density at radius 3 is 1.57 bits per heavy atom. The van der Waals surface area contributed by atoms with Gasteiger partial charge in [-0.1, -0.05) is 82.1 Å². The van der Waals surface area contributed by atoms with Crippen molar-refractivity contribution in [1.82, 2.24) is 45.3 Å². The van der Waals surface area contributed by atoms with Crippen LogP contribution in [0.2, 0.25) is 0 Å². The van der Waals surface area contributed by atoms with Gasteiger partial charge in [0, 0.05) is 41.8 Å². The van der Waals surface area contributed by atoms with E-state index in [9.17, 15) is 67.7 Å². The third-order valence-electron chi connectivity index (χ3n) is 14.6. The van der Waals surface area contributed by atoms with Crippen molar-refractivity contribution in [2.75, 3.05) is 48.3 Å². The Bertz CT molecular complexity index is 2120. The van der Waals surface area contributed by atoms with Crippen LogP contribution in [-0.2, 0) is 62.3 Å². The molecule has 0 saturated carbocycles. The fourth-order valence-electron chi connectivity index (χ4n) is 9.84. The molecule has 24 heteroatoms. The van der Waals surface area contributed by atoms with Crippen LogP contribution in [0, 0.1) is 29.6 Å². The maximum Gasteiger partial charge on any atom is 0.330 e. The molecular weight excluding hydrogens is 979 g/mol. The molecule has 75 heavy (non-hydrogen) atoms. The lowest BCUT2D eigenvalue weighted by molar-refractivity contribution is -0.166. The molecule has 5 N–H and O–H groups in total. The summed E-state index contributed by atoms with van der Waals surface area (Å²) in [7, 11) is 6.51. The van der Waals surface area contributed by atoms with E-state index in [1.165, 1.54) is 47.1 Å². The van der Waals surface area contributed by atoms with Crippen molar-refractivity contribution in [3.05, 3.63) is 0 Å². The third kappa shape index (κ3) is 16.3. The van der Waals surface area contributed by atoms with Gasteiger partial charge < -0.3 is 60.3 Å². The van der Waals surface area contributed by atoms with E-state index in [0.29, 0.717) is 25.7 Å². The zero-order valence-electron chi connectivity index (χ0n) is 46.8. The highest BCUT2D eigenvalue weighted by Gasteiger charge is 2.46. The number of carboxylic acids is 2. The monoisotopic (exact) mass is 1060 g/mol. The van der Waals surface area contributed by atoms with Gasteiger partial charge in [0.15, 0.2) is 6.10 Å². The Hall–Kier alpha value is -6.36. The van der Waals surface area contributed by atoms with Gasteiger partial charge >= 0.3 is 17.9 Å². The molecule has 24 nitrogen and oxygen atoms in total. The van der Waals surface area contributed by atoms with E-state index in [1.54, 1.807) is 69.2 Å². The van der Waals surface area contributed by atoms with Gasteiger partial charge in [0.1, 0.15) is 48.3 Å². The highest BCUT2D eigenvalue weighted by molar-refractivity contribution is 5.99. The Labute approximate surface area is 441 Å². The number of hydrogen-bond donors (Lipinski definition) is 5. The first-order valence-corrected chi connectivity index (χ1v) is 25.9. The number of amides is 9. The minimum Gasteiger partial charge on any atom is -0.481 e. The van der Waals surface area contributed by atoms with E-state index < -0.39 is 174 Å². The topological polar surface area (TPSA) is 310 Å². The molecule has 0 aromatic heterocycles. The fourth-order valence-corrected chi connectivity index (χ4v) is 9.84. The maximum atomic E-state index is 14.8. The first kappa shape index (κ1) is 64.8. The lowest BCUT2D eigenvalue weighted by Gasteiger charge is -2.41. The van der Waals surface area contributed by atoms with Gasteiger partial charge in [-0.15, -0.1) is 0 Å². The summed E-state index contributed by atoms with van der Waals surface area (Å²) in [4.78, 5) is 174. The van der Waals surface area contributed by atoms with Crippen molar-refractivity contribution in [3.8, 4) is 0 Å². The Kier molecular flexibility index (Phi) is 24.6. The second-order valence-electron chi connectivity index (χ2n) is 21.2. The molecule has 0 aromatic carbocycles. The molecule has 2 fully saturated rings. The number of piperidine rings is 1. The Morgan fingerprint density at radius 2 is 1.07 bits per heavy atom. The van der Waals surface area contributed by atoms with Crippen molar-refractivity contribution in [2.45, 2.75) is 176 Å². The predicted molar refractivity (Wildman–Crippen MR) is 272 cm³/mol. The van der Waals surface area contributed by atoms with E-state index in [-0.39, 0.29) is 13.0 Å². The number of nitrogens with zero attached hydrogens (tertiary/aromatic N) is 6. The number of carbonyl (C=O) groups excluding carboxylic acids is 10. The summed E-state index contributed by atoms with van der Waals surface area (Å²) in [6.45, 7) is 17.3. The minimum atomic E-state index is -1.85. The highest BCUT2D eigenvalue weighted by atomic mass is 16.5. The van der Waals surface area contributed by atoms with Crippen molar-refractivity contribution in [1.29, 1.82) is 0 Å². The molecule has 424 valence electrons. The maximum absolute atomic E-state index is 14.8. The Balaban J connectivity index is 2.90. The molecule has 2 aliphatic heterocycles. The molecule has 0 spiro atoms. The van der Waals surface area contributed by atoms with Crippen LogP contribution in [0.15, 0.2) is 0 Å². The number of hydrogen-bond acceptors (Lipinski definition) is 13. The molecular formula is C51H85N9O15. The summed E-state index contributed by atoms with van der Waals surface area (Å²) in [6.07, 6.45) is -1.70. The molecule has 0 radical (unpaired) electrons. The number of carboxylic acid groups (broad SMARTS) is 2. The van der Waals surface area contributed by atoms with Crippen LogP contribution in [0.5, 0.6) is 0 Å². The van der Waals surface area contributed by atoms with Gasteiger partial charge in [0.2, 0.25) is 47.3 Å². The Morgan fingerprint density at radius 1 is 0.573 bits per heavy atom. The summed E-state index contributed by atoms with van der Waals surface area (Å²) >= 11 is 0. The van der Waals surface area contributed by atoms with E-state index in [0.717, 1.165) is 24.5 Å². The van der Waals surface area contributed by atoms with Gasteiger partial charge in [-0.05, 0) is 55.8 Å². The normalized spacial score (nSPS) is 27.7. The van der Waals surface area contributed by atoms with Gasteiger partial charge in [0.05, 0.1) is 19.4 Å². The van der Waals surface area contributed by atoms with Gasteiger partial charge in [-0.25, -0.2) is 4.79 Å². The number of esters is 1. The second-order valence-corrected chi connectivity index (χ2v) is 21.2. The number of carbonyl (C=O) groups is 12. The largest absolute Gasteiger partial charge is 0.481 e. The van der Waals surface area contributed by atoms with E-state index in [2.05, 4.69) is 16.0 Å². The predicted octanol–water partition coefficient (Wildman–Crippen LogP) is 0.543. The van der Waals surface area contributed by atoms with Crippen molar-refractivity contribution in [3.63, 3.8) is 0 Å². The zero-order chi connectivity index (χ0) is 57.7. The fraction of sp³-hybridized carbons (Fsp3) is 0.765. The summed E-state index contributed by atoms with van der Waals surface area (Å²) < 4.78 is 5.49. The number of aliphatic carboxylic acids is 2.